The monoisotopic (exact) mass is 921 g/mol. The largest absolute Gasteiger partial charge is 0.457 e. The number of hydrogen-bond acceptors (Lipinski definition) is 2. The molecule has 71 heavy (non-hydrogen) atoms. The molecule has 2 nitrogen and oxygen atoms in total. The van der Waals surface area contributed by atoms with Gasteiger partial charge in [0.05, 0.1) is 16.5 Å². The van der Waals surface area contributed by atoms with Crippen LogP contribution in [-0.2, 0) is 10.8 Å². The van der Waals surface area contributed by atoms with Gasteiger partial charge in [0.15, 0.2) is 8.07 Å². The molecule has 0 atom stereocenters. The second-order valence-corrected chi connectivity index (χ2v) is 22.7. The fraction of sp³-hybridized carbons (Fsp3) is 0.0294. The summed E-state index contributed by atoms with van der Waals surface area (Å²) in [4.78, 5) is 2.45. The van der Waals surface area contributed by atoms with Crippen molar-refractivity contribution in [1.82, 2.24) is 0 Å². The van der Waals surface area contributed by atoms with Gasteiger partial charge in [-0.05, 0) is 90.0 Å². The van der Waals surface area contributed by atoms with Crippen LogP contribution in [0.1, 0.15) is 44.5 Å². The van der Waals surface area contributed by atoms with Gasteiger partial charge in [-0.3, -0.25) is 0 Å². The van der Waals surface area contributed by atoms with E-state index in [2.05, 4.69) is 290 Å². The number of anilines is 3. The van der Waals surface area contributed by atoms with Crippen molar-refractivity contribution in [3.63, 3.8) is 0 Å². The molecule has 2 aliphatic heterocycles. The highest BCUT2D eigenvalue weighted by Gasteiger charge is 2.57. The minimum absolute atomic E-state index is 0.540. The van der Waals surface area contributed by atoms with Crippen molar-refractivity contribution in [3.05, 3.63) is 330 Å². The second kappa shape index (κ2) is 16.2. The Balaban J connectivity index is 1.04. The molecule has 0 aromatic heterocycles. The van der Waals surface area contributed by atoms with Crippen LogP contribution in [0.4, 0.5) is 17.1 Å². The maximum Gasteiger partial charge on any atom is 0.180 e. The molecule has 3 aliphatic rings. The lowest BCUT2D eigenvalue weighted by molar-refractivity contribution is 0.435. The first-order valence-corrected chi connectivity index (χ1v) is 26.7. The number of rotatable bonds is 7. The Labute approximate surface area is 416 Å². The Morgan fingerprint density at radius 1 is 0.310 bits per heavy atom. The smallest absolute Gasteiger partial charge is 0.180 e. The zero-order chi connectivity index (χ0) is 47.0. The van der Waals surface area contributed by atoms with E-state index >= 15 is 0 Å². The number of nitrogens with zero attached hydrogens (tertiary/aromatic N) is 1. The van der Waals surface area contributed by atoms with E-state index in [0.29, 0.717) is 0 Å². The van der Waals surface area contributed by atoms with Gasteiger partial charge in [-0.2, -0.15) is 0 Å². The molecular formula is C68H47NOSi. The Hall–Kier alpha value is -8.76. The molecule has 14 rings (SSSR count). The molecule has 0 N–H and O–H groups in total. The predicted molar refractivity (Wildman–Crippen MR) is 294 cm³/mol. The maximum atomic E-state index is 7.30. The number of fused-ring (bicyclic) bond motifs is 11. The Morgan fingerprint density at radius 3 is 1.38 bits per heavy atom. The average Bonchev–Trinajstić information content (AvgIpc) is 3.76. The summed E-state index contributed by atoms with van der Waals surface area (Å²) in [6, 6.07) is 106. The fourth-order valence-corrected chi connectivity index (χ4v) is 18.4. The lowest BCUT2D eigenvalue weighted by Gasteiger charge is -2.51. The van der Waals surface area contributed by atoms with Gasteiger partial charge in [-0.1, -0.05) is 249 Å². The third-order valence-electron chi connectivity index (χ3n) is 15.7. The van der Waals surface area contributed by atoms with Gasteiger partial charge in [-0.15, -0.1) is 0 Å². The van der Waals surface area contributed by atoms with Crippen LogP contribution in [0.2, 0.25) is 0 Å². The molecule has 334 valence electrons. The van der Waals surface area contributed by atoms with Crippen molar-refractivity contribution >= 4 is 45.9 Å². The predicted octanol–water partition coefficient (Wildman–Crippen LogP) is 13.7. The van der Waals surface area contributed by atoms with E-state index in [-0.39, 0.29) is 0 Å². The van der Waals surface area contributed by atoms with E-state index in [0.717, 1.165) is 39.7 Å². The Bertz CT molecular complexity index is 3670. The third kappa shape index (κ3) is 5.70. The van der Waals surface area contributed by atoms with Crippen molar-refractivity contribution in [2.75, 3.05) is 4.90 Å². The van der Waals surface area contributed by atoms with Crippen LogP contribution in [0.15, 0.2) is 285 Å². The van der Waals surface area contributed by atoms with Gasteiger partial charge < -0.3 is 9.64 Å². The lowest BCUT2D eigenvalue weighted by Crippen LogP contribution is -2.79. The van der Waals surface area contributed by atoms with E-state index in [1.54, 1.807) is 0 Å². The fourth-order valence-electron chi connectivity index (χ4n) is 13.1. The molecule has 0 fully saturated rings. The molecule has 0 amide bonds. The van der Waals surface area contributed by atoms with Crippen molar-refractivity contribution in [2.45, 2.75) is 10.8 Å². The first kappa shape index (κ1) is 41.2. The van der Waals surface area contributed by atoms with Crippen LogP contribution in [0.3, 0.4) is 0 Å². The van der Waals surface area contributed by atoms with Gasteiger partial charge in [0.25, 0.3) is 0 Å². The molecule has 0 saturated heterocycles. The number of para-hydroxylation sites is 2. The Morgan fingerprint density at radius 2 is 0.775 bits per heavy atom. The highest BCUT2D eigenvalue weighted by molar-refractivity contribution is 7.20. The van der Waals surface area contributed by atoms with E-state index < -0.39 is 18.9 Å². The molecular weight excluding hydrogens is 875 g/mol. The summed E-state index contributed by atoms with van der Waals surface area (Å²) in [6.07, 6.45) is 0. The third-order valence-corrected chi connectivity index (χ3v) is 20.6. The van der Waals surface area contributed by atoms with E-state index in [1.165, 1.54) is 65.3 Å². The summed E-state index contributed by atoms with van der Waals surface area (Å²) in [5.74, 6) is 1.71. The molecule has 0 saturated carbocycles. The normalized spacial score (nSPS) is 14.6. The highest BCUT2D eigenvalue weighted by atomic mass is 28.3. The summed E-state index contributed by atoms with van der Waals surface area (Å²) in [5, 5.41) is 5.53. The minimum Gasteiger partial charge on any atom is -0.457 e. The quantitative estimate of drug-likeness (QED) is 0.148. The SMILES string of the molecule is c1ccc(N(c2ccc3c(c2)Oc2ccccc2C32c3ccccc3[Si](c3ccccc3)(c3ccccc3)c3ccccc32)c2cccc3c2-c2ccccc2C3(c2ccccc2)c2ccccc2)cc1. The zero-order valence-electron chi connectivity index (χ0n) is 39.0. The van der Waals surface area contributed by atoms with Crippen LogP contribution >= 0.6 is 0 Å². The van der Waals surface area contributed by atoms with Crippen LogP contribution in [-0.4, -0.2) is 8.07 Å². The Kier molecular flexibility index (Phi) is 9.39. The van der Waals surface area contributed by atoms with Crippen molar-refractivity contribution in [2.24, 2.45) is 0 Å². The van der Waals surface area contributed by atoms with Gasteiger partial charge >= 0.3 is 0 Å². The molecule has 1 aliphatic carbocycles. The first-order valence-electron chi connectivity index (χ1n) is 24.7. The molecule has 3 heteroatoms. The highest BCUT2D eigenvalue weighted by Crippen LogP contribution is 2.61. The molecule has 11 aromatic carbocycles. The molecule has 2 heterocycles. The van der Waals surface area contributed by atoms with Crippen molar-refractivity contribution in [1.29, 1.82) is 0 Å². The molecule has 0 unspecified atom stereocenters. The standard InChI is InChI=1S/C68H47NOSi/c1-6-25-48(26-7-1)67(49-27-8-2-9-28-49)55-36-17-16-35-54(55)66-60(67)40-24-41-61(66)69(50-29-10-3-11-30-50)51-45-46-57-63(47-51)70-62-42-21-18-37-56(62)68(57)58-38-19-22-43-64(58)71(52-31-12-4-13-32-52,53-33-14-5-15-34-53)65-44-23-20-39-59(65)68/h1-47H. The number of benzene rings is 11. The second-order valence-electron chi connectivity index (χ2n) is 19.0. The van der Waals surface area contributed by atoms with Crippen LogP contribution in [0.5, 0.6) is 11.5 Å². The minimum atomic E-state index is -2.89. The van der Waals surface area contributed by atoms with Crippen molar-refractivity contribution in [3.8, 4) is 22.6 Å². The molecule has 0 radical (unpaired) electrons. The molecule has 1 spiro atoms. The van der Waals surface area contributed by atoms with Gasteiger partial charge in [0, 0.05) is 34.1 Å². The van der Waals surface area contributed by atoms with E-state index in [4.69, 9.17) is 4.74 Å². The average molecular weight is 922 g/mol. The van der Waals surface area contributed by atoms with Crippen LogP contribution < -0.4 is 30.4 Å². The molecule has 0 bridgehead atoms. The van der Waals surface area contributed by atoms with Gasteiger partial charge in [0.1, 0.15) is 11.5 Å². The van der Waals surface area contributed by atoms with Crippen LogP contribution in [0, 0.1) is 0 Å². The summed E-state index contributed by atoms with van der Waals surface area (Å²) in [6.45, 7) is 0. The first-order chi connectivity index (χ1) is 35.2. The number of hydrogen-bond donors (Lipinski definition) is 0. The topological polar surface area (TPSA) is 12.5 Å². The zero-order valence-corrected chi connectivity index (χ0v) is 40.0. The number of ether oxygens (including phenoxy) is 1. The van der Waals surface area contributed by atoms with Crippen LogP contribution in [0.25, 0.3) is 11.1 Å². The van der Waals surface area contributed by atoms with Gasteiger partial charge in [0.2, 0.25) is 0 Å². The van der Waals surface area contributed by atoms with E-state index in [9.17, 15) is 0 Å². The maximum absolute atomic E-state index is 7.30. The molecule has 11 aromatic rings. The van der Waals surface area contributed by atoms with Gasteiger partial charge in [-0.25, -0.2) is 0 Å². The lowest BCUT2D eigenvalue weighted by atomic mass is 9.63. The van der Waals surface area contributed by atoms with Crippen molar-refractivity contribution < 1.29 is 4.74 Å². The summed E-state index contributed by atoms with van der Waals surface area (Å²) < 4.78 is 7.30. The summed E-state index contributed by atoms with van der Waals surface area (Å²) >= 11 is 0. The summed E-state index contributed by atoms with van der Waals surface area (Å²) in [7, 11) is -2.89. The summed E-state index contributed by atoms with van der Waals surface area (Å²) in [5.41, 5.74) is 14.3. The van der Waals surface area contributed by atoms with E-state index in [1.807, 2.05) is 0 Å².